The Morgan fingerprint density at radius 2 is 2.10 bits per heavy atom. The van der Waals surface area contributed by atoms with E-state index in [1.165, 1.54) is 0 Å². The van der Waals surface area contributed by atoms with Gasteiger partial charge in [-0.1, -0.05) is 20.3 Å². The predicted octanol–water partition coefficient (Wildman–Crippen LogP) is 2.66. The molecule has 0 aromatic rings. The summed E-state index contributed by atoms with van der Waals surface area (Å²) in [6.45, 7) is 9.33. The highest BCUT2D eigenvalue weighted by atomic mass is 16.4. The number of carbonyl (C=O) groups excluding carboxylic acids is 1. The van der Waals surface area contributed by atoms with Gasteiger partial charge in [-0.2, -0.15) is 0 Å². The molecule has 0 spiro atoms. The molecule has 1 rings (SSSR count). The molecule has 0 saturated carbocycles. The highest BCUT2D eigenvalue weighted by Crippen LogP contribution is 2.22. The van der Waals surface area contributed by atoms with Gasteiger partial charge >= 0.3 is 12.0 Å². The van der Waals surface area contributed by atoms with E-state index in [9.17, 15) is 9.59 Å². The van der Waals surface area contributed by atoms with Gasteiger partial charge in [-0.3, -0.25) is 4.79 Å². The standard InChI is InChI=1S/C15H28N2O3/c1-4-12(3)10-16(5-2)15(20)17-9-8-13(11-17)6-7-14(18)19/h12-13H,4-11H2,1-3H3,(H,18,19). The Morgan fingerprint density at radius 1 is 1.40 bits per heavy atom. The van der Waals surface area contributed by atoms with Gasteiger partial charge in [0.1, 0.15) is 0 Å². The minimum absolute atomic E-state index is 0.116. The number of carboxylic acids is 1. The van der Waals surface area contributed by atoms with E-state index in [-0.39, 0.29) is 12.5 Å². The van der Waals surface area contributed by atoms with Crippen molar-refractivity contribution in [1.29, 1.82) is 0 Å². The average molecular weight is 284 g/mol. The second-order valence-electron chi connectivity index (χ2n) is 5.87. The lowest BCUT2D eigenvalue weighted by Crippen LogP contribution is -2.43. The number of carbonyl (C=O) groups is 2. The van der Waals surface area contributed by atoms with Crippen molar-refractivity contribution in [1.82, 2.24) is 9.80 Å². The Kier molecular flexibility index (Phi) is 6.82. The first-order valence-electron chi connectivity index (χ1n) is 7.73. The summed E-state index contributed by atoms with van der Waals surface area (Å²) in [7, 11) is 0. The maximum Gasteiger partial charge on any atom is 0.320 e. The summed E-state index contributed by atoms with van der Waals surface area (Å²) in [5.41, 5.74) is 0. The van der Waals surface area contributed by atoms with Crippen LogP contribution in [0.5, 0.6) is 0 Å². The fourth-order valence-corrected chi connectivity index (χ4v) is 2.62. The van der Waals surface area contributed by atoms with Crippen molar-refractivity contribution in [2.75, 3.05) is 26.2 Å². The summed E-state index contributed by atoms with van der Waals surface area (Å²) < 4.78 is 0. The van der Waals surface area contributed by atoms with Gasteiger partial charge in [0, 0.05) is 32.6 Å². The lowest BCUT2D eigenvalue weighted by Gasteiger charge is -2.29. The fourth-order valence-electron chi connectivity index (χ4n) is 2.62. The zero-order chi connectivity index (χ0) is 15.1. The van der Waals surface area contributed by atoms with Crippen LogP contribution < -0.4 is 0 Å². The highest BCUT2D eigenvalue weighted by molar-refractivity contribution is 5.74. The number of hydrogen-bond acceptors (Lipinski definition) is 2. The smallest absolute Gasteiger partial charge is 0.320 e. The molecule has 1 aliphatic rings. The van der Waals surface area contributed by atoms with Crippen molar-refractivity contribution < 1.29 is 14.7 Å². The van der Waals surface area contributed by atoms with Gasteiger partial charge < -0.3 is 14.9 Å². The Hall–Kier alpha value is -1.26. The monoisotopic (exact) mass is 284 g/mol. The fraction of sp³-hybridized carbons (Fsp3) is 0.867. The number of nitrogens with zero attached hydrogens (tertiary/aromatic N) is 2. The summed E-state index contributed by atoms with van der Waals surface area (Å²) >= 11 is 0. The molecule has 2 unspecified atom stereocenters. The SMILES string of the molecule is CCC(C)CN(CC)C(=O)N1CCC(CCC(=O)O)C1. The van der Waals surface area contributed by atoms with E-state index in [0.717, 1.165) is 32.5 Å². The molecular weight excluding hydrogens is 256 g/mol. The lowest BCUT2D eigenvalue weighted by atomic mass is 10.0. The van der Waals surface area contributed by atoms with E-state index in [4.69, 9.17) is 5.11 Å². The molecule has 1 fully saturated rings. The largest absolute Gasteiger partial charge is 0.481 e. The number of hydrogen-bond donors (Lipinski definition) is 1. The van der Waals surface area contributed by atoms with Gasteiger partial charge in [0.2, 0.25) is 0 Å². The topological polar surface area (TPSA) is 60.9 Å². The maximum absolute atomic E-state index is 12.4. The number of aliphatic carboxylic acids is 1. The number of likely N-dealkylation sites (tertiary alicyclic amines) is 1. The Bertz CT molecular complexity index is 333. The van der Waals surface area contributed by atoms with Crippen molar-refractivity contribution >= 4 is 12.0 Å². The molecule has 20 heavy (non-hydrogen) atoms. The first-order chi connectivity index (χ1) is 9.47. The minimum atomic E-state index is -0.748. The molecule has 1 N–H and O–H groups in total. The maximum atomic E-state index is 12.4. The average Bonchev–Trinajstić information content (AvgIpc) is 2.90. The molecule has 5 heteroatoms. The summed E-state index contributed by atoms with van der Waals surface area (Å²) in [6.07, 6.45) is 2.89. The molecule has 2 amide bonds. The van der Waals surface area contributed by atoms with Gasteiger partial charge in [0.05, 0.1) is 0 Å². The normalized spacial score (nSPS) is 19.9. The Balaban J connectivity index is 2.45. The third-order valence-electron chi connectivity index (χ3n) is 4.20. The summed E-state index contributed by atoms with van der Waals surface area (Å²) in [5, 5.41) is 8.71. The molecule has 0 aliphatic carbocycles. The van der Waals surface area contributed by atoms with Crippen molar-refractivity contribution in [3.63, 3.8) is 0 Å². The first kappa shape index (κ1) is 16.8. The molecule has 2 atom stereocenters. The van der Waals surface area contributed by atoms with Crippen LogP contribution in [-0.2, 0) is 4.79 Å². The number of rotatable bonds is 7. The summed E-state index contributed by atoms with van der Waals surface area (Å²) in [5.74, 6) is 0.114. The van der Waals surface area contributed by atoms with Crippen LogP contribution in [-0.4, -0.2) is 53.1 Å². The third kappa shape index (κ3) is 5.02. The second-order valence-corrected chi connectivity index (χ2v) is 5.87. The lowest BCUT2D eigenvalue weighted by molar-refractivity contribution is -0.137. The number of amides is 2. The van der Waals surface area contributed by atoms with Gasteiger partial charge in [0.25, 0.3) is 0 Å². The van der Waals surface area contributed by atoms with Gasteiger partial charge in [-0.05, 0) is 31.6 Å². The van der Waals surface area contributed by atoms with Gasteiger partial charge in [-0.25, -0.2) is 4.79 Å². The van der Waals surface area contributed by atoms with Crippen molar-refractivity contribution in [3.05, 3.63) is 0 Å². The van der Waals surface area contributed by atoms with Crippen LogP contribution in [0.4, 0.5) is 4.79 Å². The van der Waals surface area contributed by atoms with Crippen LogP contribution in [0.1, 0.15) is 46.5 Å². The van der Waals surface area contributed by atoms with E-state index in [1.54, 1.807) is 0 Å². The molecule has 0 radical (unpaired) electrons. The van der Waals surface area contributed by atoms with Crippen molar-refractivity contribution in [3.8, 4) is 0 Å². The van der Waals surface area contributed by atoms with E-state index in [0.29, 0.717) is 24.8 Å². The van der Waals surface area contributed by atoms with Crippen molar-refractivity contribution in [2.24, 2.45) is 11.8 Å². The van der Waals surface area contributed by atoms with E-state index in [1.807, 2.05) is 16.7 Å². The predicted molar refractivity (Wildman–Crippen MR) is 78.6 cm³/mol. The van der Waals surface area contributed by atoms with Crippen LogP contribution in [0.15, 0.2) is 0 Å². The minimum Gasteiger partial charge on any atom is -0.481 e. The molecule has 1 heterocycles. The van der Waals surface area contributed by atoms with E-state index in [2.05, 4.69) is 13.8 Å². The van der Waals surface area contributed by atoms with Crippen LogP contribution in [0.25, 0.3) is 0 Å². The first-order valence-corrected chi connectivity index (χ1v) is 7.73. The summed E-state index contributed by atoms with van der Waals surface area (Å²) in [4.78, 5) is 26.8. The molecule has 1 saturated heterocycles. The zero-order valence-electron chi connectivity index (χ0n) is 13.0. The molecule has 116 valence electrons. The van der Waals surface area contributed by atoms with Crippen LogP contribution in [0.3, 0.4) is 0 Å². The molecular formula is C15H28N2O3. The molecule has 0 bridgehead atoms. The molecule has 1 aliphatic heterocycles. The quantitative estimate of drug-likeness (QED) is 0.782. The van der Waals surface area contributed by atoms with Crippen LogP contribution in [0, 0.1) is 11.8 Å². The zero-order valence-corrected chi connectivity index (χ0v) is 13.0. The van der Waals surface area contributed by atoms with E-state index >= 15 is 0 Å². The van der Waals surface area contributed by atoms with E-state index < -0.39 is 5.97 Å². The second kappa shape index (κ2) is 8.12. The molecule has 0 aromatic heterocycles. The molecule has 5 nitrogen and oxygen atoms in total. The Morgan fingerprint density at radius 3 is 2.65 bits per heavy atom. The van der Waals surface area contributed by atoms with Crippen molar-refractivity contribution in [2.45, 2.75) is 46.5 Å². The summed E-state index contributed by atoms with van der Waals surface area (Å²) in [6, 6.07) is 0.116. The van der Waals surface area contributed by atoms with Gasteiger partial charge in [-0.15, -0.1) is 0 Å². The molecule has 0 aromatic carbocycles. The van der Waals surface area contributed by atoms with Crippen LogP contribution in [0.2, 0.25) is 0 Å². The Labute approximate surface area is 121 Å². The number of urea groups is 1. The highest BCUT2D eigenvalue weighted by Gasteiger charge is 2.29. The van der Waals surface area contributed by atoms with Crippen LogP contribution >= 0.6 is 0 Å². The van der Waals surface area contributed by atoms with Gasteiger partial charge in [0.15, 0.2) is 0 Å². The third-order valence-corrected chi connectivity index (χ3v) is 4.20. The number of carboxylic acid groups (broad SMARTS) is 1.